The van der Waals surface area contributed by atoms with Crippen LogP contribution < -0.4 is 0 Å². The average molecular weight is 363 g/mol. The lowest BCUT2D eigenvalue weighted by molar-refractivity contribution is 0.463. The number of thiophene rings is 1. The zero-order valence-corrected chi connectivity index (χ0v) is 14.5. The summed E-state index contributed by atoms with van der Waals surface area (Å²) >= 11 is 9.62. The molecule has 0 N–H and O–H groups in total. The van der Waals surface area contributed by atoms with Gasteiger partial charge in [0.25, 0.3) is 11.1 Å². The Labute approximate surface area is 145 Å². The molecule has 3 heterocycles. The molecule has 0 atom stereocenters. The van der Waals surface area contributed by atoms with E-state index < -0.39 is 0 Å². The molecule has 0 aliphatic heterocycles. The van der Waals surface area contributed by atoms with Crippen LogP contribution in [0.1, 0.15) is 10.6 Å². The lowest BCUT2D eigenvalue weighted by Gasteiger charge is -1.95. The average Bonchev–Trinajstić information content (AvgIpc) is 3.25. The van der Waals surface area contributed by atoms with Crippen molar-refractivity contribution in [3.63, 3.8) is 0 Å². The van der Waals surface area contributed by atoms with Crippen molar-refractivity contribution in [1.82, 2.24) is 10.2 Å². The lowest BCUT2D eigenvalue weighted by atomic mass is 10.2. The van der Waals surface area contributed by atoms with Crippen LogP contribution in [0.15, 0.2) is 50.7 Å². The van der Waals surface area contributed by atoms with Crippen LogP contribution in [0.3, 0.4) is 0 Å². The second-order valence-corrected chi connectivity index (χ2v) is 7.33. The first kappa shape index (κ1) is 14.8. The van der Waals surface area contributed by atoms with Crippen LogP contribution in [0.4, 0.5) is 0 Å². The third-order valence-electron chi connectivity index (χ3n) is 3.42. The van der Waals surface area contributed by atoms with Gasteiger partial charge in [-0.15, -0.1) is 21.5 Å². The van der Waals surface area contributed by atoms with Crippen molar-refractivity contribution in [2.45, 2.75) is 17.9 Å². The van der Waals surface area contributed by atoms with Gasteiger partial charge in [0.1, 0.15) is 5.76 Å². The van der Waals surface area contributed by atoms with E-state index in [0.717, 1.165) is 26.6 Å². The molecule has 1 aromatic carbocycles. The highest BCUT2D eigenvalue weighted by Crippen LogP contribution is 2.38. The van der Waals surface area contributed by atoms with Gasteiger partial charge >= 0.3 is 0 Å². The summed E-state index contributed by atoms with van der Waals surface area (Å²) in [5, 5.41) is 10.6. The first-order chi connectivity index (χ1) is 11.2. The zero-order chi connectivity index (χ0) is 15.8. The molecule has 23 heavy (non-hydrogen) atoms. The van der Waals surface area contributed by atoms with E-state index in [1.54, 1.807) is 17.6 Å². The Morgan fingerprint density at radius 3 is 2.87 bits per heavy atom. The normalized spacial score (nSPS) is 11.4. The Balaban J connectivity index is 1.54. The van der Waals surface area contributed by atoms with E-state index in [-0.39, 0.29) is 0 Å². The number of aryl methyl sites for hydroxylation is 1. The maximum Gasteiger partial charge on any atom is 0.277 e. The predicted octanol–water partition coefficient (Wildman–Crippen LogP) is 5.80. The summed E-state index contributed by atoms with van der Waals surface area (Å²) in [5.74, 6) is 1.93. The Hall–Kier alpha value is -1.76. The molecule has 4 rings (SSSR count). The second kappa shape index (κ2) is 6.03. The van der Waals surface area contributed by atoms with Crippen LogP contribution in [0.5, 0.6) is 0 Å². The van der Waals surface area contributed by atoms with E-state index in [2.05, 4.69) is 16.3 Å². The standard InChI is InChI=1S/C16H11ClN2O2S2/c1-9-10(6-7-20-9)15-18-19-16(21-15)22-8-13-14(17)11-4-2-3-5-12(11)23-13/h2-7H,8H2,1H3. The van der Waals surface area contributed by atoms with E-state index in [9.17, 15) is 0 Å². The molecular weight excluding hydrogens is 352 g/mol. The van der Waals surface area contributed by atoms with Crippen molar-refractivity contribution >= 4 is 44.8 Å². The Bertz CT molecular complexity index is 973. The largest absolute Gasteiger partial charge is 0.469 e. The molecule has 4 aromatic rings. The number of thioether (sulfide) groups is 1. The summed E-state index contributed by atoms with van der Waals surface area (Å²) in [5.41, 5.74) is 0.823. The highest BCUT2D eigenvalue weighted by molar-refractivity contribution is 7.98. The van der Waals surface area contributed by atoms with Crippen molar-refractivity contribution < 1.29 is 8.83 Å². The van der Waals surface area contributed by atoms with E-state index in [0.29, 0.717) is 16.9 Å². The Kier molecular flexibility index (Phi) is 3.88. The van der Waals surface area contributed by atoms with E-state index in [1.165, 1.54) is 16.5 Å². The van der Waals surface area contributed by atoms with Crippen LogP contribution in [0, 0.1) is 6.92 Å². The molecule has 0 amide bonds. The minimum atomic E-state index is 0.473. The monoisotopic (exact) mass is 362 g/mol. The zero-order valence-electron chi connectivity index (χ0n) is 12.1. The molecule has 0 bridgehead atoms. The van der Waals surface area contributed by atoms with Crippen molar-refractivity contribution in [3.05, 3.63) is 52.3 Å². The van der Waals surface area contributed by atoms with Crippen LogP contribution in [0.2, 0.25) is 5.02 Å². The summed E-state index contributed by atoms with van der Waals surface area (Å²) in [6.45, 7) is 1.86. The molecular formula is C16H11ClN2O2S2. The van der Waals surface area contributed by atoms with Gasteiger partial charge in [0.05, 0.1) is 16.8 Å². The molecule has 0 saturated heterocycles. The van der Waals surface area contributed by atoms with Crippen molar-refractivity contribution in [2.75, 3.05) is 0 Å². The minimum Gasteiger partial charge on any atom is -0.469 e. The second-order valence-electron chi connectivity index (χ2n) is 4.89. The molecule has 0 saturated carbocycles. The maximum atomic E-state index is 6.45. The topological polar surface area (TPSA) is 52.1 Å². The van der Waals surface area contributed by atoms with Crippen molar-refractivity contribution in [2.24, 2.45) is 0 Å². The molecule has 3 aromatic heterocycles. The number of hydrogen-bond donors (Lipinski definition) is 0. The number of fused-ring (bicyclic) bond motifs is 1. The van der Waals surface area contributed by atoms with Gasteiger partial charge in [0.2, 0.25) is 0 Å². The number of halogens is 1. The number of hydrogen-bond acceptors (Lipinski definition) is 6. The first-order valence-corrected chi connectivity index (χ1v) is 9.07. The van der Waals surface area contributed by atoms with Crippen LogP contribution in [0.25, 0.3) is 21.5 Å². The number of nitrogens with zero attached hydrogens (tertiary/aromatic N) is 2. The molecule has 116 valence electrons. The van der Waals surface area contributed by atoms with Gasteiger partial charge < -0.3 is 8.83 Å². The predicted molar refractivity (Wildman–Crippen MR) is 93.1 cm³/mol. The fourth-order valence-corrected chi connectivity index (χ4v) is 4.69. The van der Waals surface area contributed by atoms with Gasteiger partial charge in [0.15, 0.2) is 0 Å². The van der Waals surface area contributed by atoms with Crippen LogP contribution in [-0.4, -0.2) is 10.2 Å². The number of furan rings is 1. The van der Waals surface area contributed by atoms with Gasteiger partial charge in [-0.1, -0.05) is 41.6 Å². The summed E-state index contributed by atoms with van der Waals surface area (Å²) in [7, 11) is 0. The molecule has 0 unspecified atom stereocenters. The van der Waals surface area contributed by atoms with Crippen LogP contribution >= 0.6 is 34.7 Å². The maximum absolute atomic E-state index is 6.45. The van der Waals surface area contributed by atoms with E-state index in [1.807, 2.05) is 31.2 Å². The molecule has 7 heteroatoms. The van der Waals surface area contributed by atoms with Gasteiger partial charge in [-0.25, -0.2) is 0 Å². The fraction of sp³-hybridized carbons (Fsp3) is 0.125. The third kappa shape index (κ3) is 2.78. The van der Waals surface area contributed by atoms with Crippen molar-refractivity contribution in [1.29, 1.82) is 0 Å². The van der Waals surface area contributed by atoms with Crippen molar-refractivity contribution in [3.8, 4) is 11.5 Å². The highest BCUT2D eigenvalue weighted by atomic mass is 35.5. The summed E-state index contributed by atoms with van der Waals surface area (Å²) < 4.78 is 12.1. The fourth-order valence-electron chi connectivity index (χ4n) is 2.27. The van der Waals surface area contributed by atoms with Crippen LogP contribution in [-0.2, 0) is 5.75 Å². The molecule has 0 aliphatic carbocycles. The molecule has 0 spiro atoms. The molecule has 0 radical (unpaired) electrons. The summed E-state index contributed by atoms with van der Waals surface area (Å²) in [6, 6.07) is 9.94. The number of rotatable bonds is 4. The molecule has 0 fully saturated rings. The van der Waals surface area contributed by atoms with E-state index >= 15 is 0 Å². The van der Waals surface area contributed by atoms with E-state index in [4.69, 9.17) is 20.4 Å². The minimum absolute atomic E-state index is 0.473. The number of aromatic nitrogens is 2. The lowest BCUT2D eigenvalue weighted by Crippen LogP contribution is -1.77. The smallest absolute Gasteiger partial charge is 0.277 e. The third-order valence-corrected chi connectivity index (χ3v) is 6.17. The highest BCUT2D eigenvalue weighted by Gasteiger charge is 2.15. The van der Waals surface area contributed by atoms with Gasteiger partial charge in [-0.2, -0.15) is 0 Å². The Morgan fingerprint density at radius 1 is 1.22 bits per heavy atom. The van der Waals surface area contributed by atoms with Gasteiger partial charge in [0, 0.05) is 20.7 Å². The summed E-state index contributed by atoms with van der Waals surface area (Å²) in [6.07, 6.45) is 1.61. The number of benzene rings is 1. The van der Waals surface area contributed by atoms with Gasteiger partial charge in [-0.05, 0) is 19.1 Å². The van der Waals surface area contributed by atoms with Gasteiger partial charge in [-0.3, -0.25) is 0 Å². The Morgan fingerprint density at radius 2 is 2.09 bits per heavy atom. The molecule has 4 nitrogen and oxygen atoms in total. The summed E-state index contributed by atoms with van der Waals surface area (Å²) in [4.78, 5) is 1.11. The SMILES string of the molecule is Cc1occc1-c1nnc(SCc2sc3ccccc3c2Cl)o1. The quantitative estimate of drug-likeness (QED) is 0.429. The molecule has 0 aliphatic rings. The first-order valence-electron chi connectivity index (χ1n) is 6.89.